The summed E-state index contributed by atoms with van der Waals surface area (Å²) in [6, 6.07) is 0. The fourth-order valence-electron chi connectivity index (χ4n) is 3.28. The second-order valence-electron chi connectivity index (χ2n) is 7.69. The molecular formula is C17H30N2O3S. The normalized spacial score (nSPS) is 24.0. The topological polar surface area (TPSA) is 49.9 Å². The summed E-state index contributed by atoms with van der Waals surface area (Å²) in [5, 5.41) is 0.692. The van der Waals surface area contributed by atoms with Crippen molar-refractivity contribution in [2.45, 2.75) is 57.8 Å². The van der Waals surface area contributed by atoms with Crippen LogP contribution in [-0.2, 0) is 9.53 Å². The first kappa shape index (κ1) is 18.6. The first-order valence-electron chi connectivity index (χ1n) is 8.60. The Morgan fingerprint density at radius 1 is 1.13 bits per heavy atom. The smallest absolute Gasteiger partial charge is 0.410 e. The number of piperidine rings is 1. The van der Waals surface area contributed by atoms with E-state index >= 15 is 0 Å². The van der Waals surface area contributed by atoms with E-state index in [1.807, 2.05) is 25.7 Å². The number of amides is 1. The molecule has 132 valence electrons. The number of likely N-dealkylation sites (tertiary alicyclic amines) is 2. The SMILES string of the molecule is CC(=O)S[C@@H]1CCN(CC2CCN(C(=O)OC(C)(C)C)CC2)C1. The van der Waals surface area contributed by atoms with Gasteiger partial charge in [-0.05, 0) is 52.5 Å². The van der Waals surface area contributed by atoms with Crippen LogP contribution in [0.2, 0.25) is 0 Å². The molecule has 0 aromatic heterocycles. The van der Waals surface area contributed by atoms with Crippen molar-refractivity contribution in [1.82, 2.24) is 9.80 Å². The predicted octanol–water partition coefficient (Wildman–Crippen LogP) is 2.99. The summed E-state index contributed by atoms with van der Waals surface area (Å²) in [6.45, 7) is 12.2. The maximum absolute atomic E-state index is 12.1. The summed E-state index contributed by atoms with van der Waals surface area (Å²) in [7, 11) is 0. The molecule has 2 aliphatic heterocycles. The largest absolute Gasteiger partial charge is 0.444 e. The molecule has 1 amide bonds. The lowest BCUT2D eigenvalue weighted by molar-refractivity contribution is -0.109. The third-order valence-corrected chi connectivity index (χ3v) is 5.39. The molecule has 2 rings (SSSR count). The van der Waals surface area contributed by atoms with E-state index in [0.717, 1.165) is 52.0 Å². The molecule has 2 saturated heterocycles. The van der Waals surface area contributed by atoms with Gasteiger partial charge >= 0.3 is 6.09 Å². The molecule has 5 nitrogen and oxygen atoms in total. The Kier molecular flexibility index (Phi) is 6.37. The molecule has 23 heavy (non-hydrogen) atoms. The fraction of sp³-hybridized carbons (Fsp3) is 0.882. The summed E-state index contributed by atoms with van der Waals surface area (Å²) in [4.78, 5) is 27.6. The number of hydrogen-bond acceptors (Lipinski definition) is 5. The van der Waals surface area contributed by atoms with Gasteiger partial charge < -0.3 is 14.5 Å². The quantitative estimate of drug-likeness (QED) is 0.789. The molecule has 0 unspecified atom stereocenters. The minimum absolute atomic E-state index is 0.185. The van der Waals surface area contributed by atoms with Crippen LogP contribution in [0.25, 0.3) is 0 Å². The Labute approximate surface area is 144 Å². The van der Waals surface area contributed by atoms with Crippen molar-refractivity contribution in [2.75, 3.05) is 32.7 Å². The van der Waals surface area contributed by atoms with Gasteiger partial charge in [-0.25, -0.2) is 4.79 Å². The average molecular weight is 343 g/mol. The van der Waals surface area contributed by atoms with Crippen LogP contribution >= 0.6 is 11.8 Å². The highest BCUT2D eigenvalue weighted by Gasteiger charge is 2.30. The average Bonchev–Trinajstić information content (AvgIpc) is 2.84. The summed E-state index contributed by atoms with van der Waals surface area (Å²) in [5.41, 5.74) is -0.424. The minimum Gasteiger partial charge on any atom is -0.444 e. The molecule has 0 saturated carbocycles. The first-order chi connectivity index (χ1) is 10.7. The summed E-state index contributed by atoms with van der Waals surface area (Å²) in [5.74, 6) is 0.648. The molecule has 2 fully saturated rings. The van der Waals surface area contributed by atoms with Crippen LogP contribution in [0, 0.1) is 5.92 Å². The molecule has 0 aromatic carbocycles. The Balaban J connectivity index is 1.69. The number of ether oxygens (including phenoxy) is 1. The maximum Gasteiger partial charge on any atom is 0.410 e. The van der Waals surface area contributed by atoms with E-state index in [2.05, 4.69) is 4.90 Å². The third kappa shape index (κ3) is 6.34. The van der Waals surface area contributed by atoms with E-state index < -0.39 is 5.60 Å². The van der Waals surface area contributed by atoms with Crippen molar-refractivity contribution in [3.63, 3.8) is 0 Å². The van der Waals surface area contributed by atoms with Gasteiger partial charge in [-0.3, -0.25) is 4.79 Å². The van der Waals surface area contributed by atoms with Crippen LogP contribution < -0.4 is 0 Å². The van der Waals surface area contributed by atoms with Crippen LogP contribution in [0.1, 0.15) is 47.0 Å². The van der Waals surface area contributed by atoms with Crippen molar-refractivity contribution in [1.29, 1.82) is 0 Å². The van der Waals surface area contributed by atoms with Crippen LogP contribution in [-0.4, -0.2) is 64.6 Å². The standard InChI is InChI=1S/C17H30N2O3S/c1-13(20)23-15-7-8-18(12-15)11-14-5-9-19(10-6-14)16(21)22-17(2,3)4/h14-15H,5-12H2,1-4H3/t15-/m1/s1. The van der Waals surface area contributed by atoms with Gasteiger partial charge in [0.05, 0.1) is 0 Å². The molecule has 2 aliphatic rings. The first-order valence-corrected chi connectivity index (χ1v) is 9.48. The van der Waals surface area contributed by atoms with E-state index in [0.29, 0.717) is 11.2 Å². The Hall–Kier alpha value is -0.750. The van der Waals surface area contributed by atoms with Gasteiger partial charge in [-0.15, -0.1) is 0 Å². The zero-order valence-electron chi connectivity index (χ0n) is 14.8. The van der Waals surface area contributed by atoms with E-state index in [1.165, 1.54) is 11.8 Å². The highest BCUT2D eigenvalue weighted by molar-refractivity contribution is 8.14. The lowest BCUT2D eigenvalue weighted by Crippen LogP contribution is -2.43. The van der Waals surface area contributed by atoms with Gasteiger partial charge in [-0.2, -0.15) is 0 Å². The lowest BCUT2D eigenvalue weighted by Gasteiger charge is -2.34. The van der Waals surface area contributed by atoms with Gasteiger partial charge in [0, 0.05) is 38.4 Å². The van der Waals surface area contributed by atoms with Gasteiger partial charge in [0.1, 0.15) is 5.60 Å². The monoisotopic (exact) mass is 342 g/mol. The molecule has 0 spiro atoms. The lowest BCUT2D eigenvalue weighted by atomic mass is 9.96. The highest BCUT2D eigenvalue weighted by atomic mass is 32.2. The van der Waals surface area contributed by atoms with E-state index in [-0.39, 0.29) is 11.2 Å². The van der Waals surface area contributed by atoms with Crippen molar-refractivity contribution in [2.24, 2.45) is 5.92 Å². The Morgan fingerprint density at radius 2 is 1.78 bits per heavy atom. The number of carbonyl (C=O) groups excluding carboxylic acids is 2. The van der Waals surface area contributed by atoms with E-state index in [1.54, 1.807) is 6.92 Å². The Bertz CT molecular complexity index is 428. The summed E-state index contributed by atoms with van der Waals surface area (Å²) >= 11 is 1.49. The van der Waals surface area contributed by atoms with Crippen molar-refractivity contribution >= 4 is 23.0 Å². The van der Waals surface area contributed by atoms with Crippen molar-refractivity contribution in [3.05, 3.63) is 0 Å². The summed E-state index contributed by atoms with van der Waals surface area (Å²) < 4.78 is 5.44. The second kappa shape index (κ2) is 7.88. The second-order valence-corrected chi connectivity index (χ2v) is 9.17. The molecule has 0 N–H and O–H groups in total. The fourth-order valence-corrected chi connectivity index (χ4v) is 4.26. The maximum atomic E-state index is 12.1. The van der Waals surface area contributed by atoms with Crippen molar-refractivity contribution in [3.8, 4) is 0 Å². The minimum atomic E-state index is -0.424. The number of rotatable bonds is 3. The van der Waals surface area contributed by atoms with Crippen LogP contribution in [0.3, 0.4) is 0 Å². The van der Waals surface area contributed by atoms with E-state index in [9.17, 15) is 9.59 Å². The van der Waals surface area contributed by atoms with Gasteiger partial charge in [0.2, 0.25) is 0 Å². The van der Waals surface area contributed by atoms with Gasteiger partial charge in [-0.1, -0.05) is 11.8 Å². The Morgan fingerprint density at radius 3 is 2.35 bits per heavy atom. The molecule has 1 atom stereocenters. The van der Waals surface area contributed by atoms with Crippen LogP contribution in [0.4, 0.5) is 4.79 Å². The van der Waals surface area contributed by atoms with Crippen LogP contribution in [0.5, 0.6) is 0 Å². The zero-order chi connectivity index (χ0) is 17.0. The van der Waals surface area contributed by atoms with Gasteiger partial charge in [0.25, 0.3) is 0 Å². The molecule has 0 radical (unpaired) electrons. The zero-order valence-corrected chi connectivity index (χ0v) is 15.7. The van der Waals surface area contributed by atoms with Crippen LogP contribution in [0.15, 0.2) is 0 Å². The number of carbonyl (C=O) groups is 2. The molecular weight excluding hydrogens is 312 g/mol. The van der Waals surface area contributed by atoms with Crippen molar-refractivity contribution < 1.29 is 14.3 Å². The molecule has 0 bridgehead atoms. The summed E-state index contributed by atoms with van der Waals surface area (Å²) in [6.07, 6.45) is 3.01. The molecule has 0 aliphatic carbocycles. The highest BCUT2D eigenvalue weighted by Crippen LogP contribution is 2.26. The van der Waals surface area contributed by atoms with E-state index in [4.69, 9.17) is 4.74 Å². The number of hydrogen-bond donors (Lipinski definition) is 0. The number of thioether (sulfide) groups is 1. The predicted molar refractivity (Wildman–Crippen MR) is 93.6 cm³/mol. The molecule has 6 heteroatoms. The molecule has 2 heterocycles. The number of nitrogens with zero attached hydrogens (tertiary/aromatic N) is 2. The third-order valence-electron chi connectivity index (χ3n) is 4.34. The molecule has 0 aromatic rings. The van der Waals surface area contributed by atoms with Gasteiger partial charge in [0.15, 0.2) is 5.12 Å².